The van der Waals surface area contributed by atoms with E-state index in [1.807, 2.05) is 0 Å². The van der Waals surface area contributed by atoms with Gasteiger partial charge in [0.25, 0.3) is 0 Å². The molecule has 25 heteroatoms. The summed E-state index contributed by atoms with van der Waals surface area (Å²) in [5, 5.41) is 0. The number of thiocarbonyl (C=S) groups is 2. The Labute approximate surface area is 1000 Å². The topological polar surface area (TPSA) is 0 Å². The summed E-state index contributed by atoms with van der Waals surface area (Å²) in [6.07, 6.45) is 0. The van der Waals surface area contributed by atoms with E-state index in [2.05, 4.69) is 24.4 Å². The molecule has 0 amide bonds. The van der Waals surface area contributed by atoms with Gasteiger partial charge in [0.15, 0.2) is 0 Å². The van der Waals surface area contributed by atoms with Crippen LogP contribution >= 0.6 is 24.4 Å². The second-order valence-corrected chi connectivity index (χ2v) is 0.535. The second kappa shape index (κ2) is 1360. The molecule has 0 aromatic carbocycles. The van der Waals surface area contributed by atoms with Crippen LogP contribution in [0.2, 0.25) is 0 Å². The molecular formula is C47H161F2S2U21-21. The third-order valence-electron chi connectivity index (χ3n) is 0. The quantitative estimate of drug-likeness (QED) is 0.135. The fourth-order valence-corrected chi connectivity index (χ4v) is 0. The van der Waals surface area contributed by atoms with E-state index in [1.165, 1.54) is 0 Å². The monoisotopic (exact) mass is 5830 g/mol. The van der Waals surface area contributed by atoms with Gasteiger partial charge in [-0.05, 0) is 0 Å². The van der Waals surface area contributed by atoms with Crippen molar-refractivity contribution in [1.82, 2.24) is 0 Å². The van der Waals surface area contributed by atoms with Crippen molar-refractivity contribution in [3.63, 3.8) is 0 Å². The molecule has 0 aliphatic rings. The van der Waals surface area contributed by atoms with Crippen molar-refractivity contribution < 1.29 is 662 Å². The largest absolute Gasteiger partial charge is 0.358 e. The van der Waals surface area contributed by atoms with E-state index < -0.39 is 0 Å². The maximum atomic E-state index is 9.98. The van der Waals surface area contributed by atoms with E-state index in [4.69, 9.17) is 0 Å². The number of halogens is 2. The van der Waals surface area contributed by atoms with Crippen LogP contribution in [0, 0.1) is 809 Å². The summed E-state index contributed by atoms with van der Waals surface area (Å²) in [7, 11) is 0. The number of hydrogen-bond acceptors (Lipinski definition) is 2. The first-order valence-corrected chi connectivity index (χ1v) is 1.85. The Balaban J connectivity index is -0.0000000000351. The Morgan fingerprint density at radius 3 is 0.125 bits per heavy atom. The molecule has 0 atom stereocenters. The summed E-state index contributed by atoms with van der Waals surface area (Å²) in [6, 6.07) is 0. The molecule has 0 spiro atoms. The van der Waals surface area contributed by atoms with Gasteiger partial charge in [0.2, 0.25) is 0 Å². The van der Waals surface area contributed by atoms with Crippen molar-refractivity contribution in [2.75, 3.05) is 0 Å². The Morgan fingerprint density at radius 2 is 0.125 bits per heavy atom. The standard InChI is InChI=1S/2CHFS.24CH4.21CH3.21U/c2*2-1-3;;;;;;;;;;;;;;;;;;;;;;;;;;;;;;;;;;;;;;;;;;;;;;;;;;;;;;;;;;;;;;;;;;/h2*1H;24*1H4;21*1H3;;;;;;;;;;;;;;;;;;;;;/q;;;;;;;;;;;;;;;;;;;;;;;;;;21*-1;;;;;;;;;;;;;;;;;;;;;. The second-order valence-electron chi connectivity index (χ2n) is 0.178. The molecule has 0 bridgehead atoms. The van der Waals surface area contributed by atoms with Crippen molar-refractivity contribution in [2.24, 2.45) is 0 Å². The minimum absolute atomic E-state index is 0. The van der Waals surface area contributed by atoms with Crippen LogP contribution in [0.1, 0.15) is 178 Å². The molecule has 0 rings (SSSR count). The maximum absolute atomic E-state index is 9.98. The normalized spacial score (nSPS) is 0.361. The predicted molar refractivity (Wildman–Crippen MR) is 326 cm³/mol. The summed E-state index contributed by atoms with van der Waals surface area (Å²) in [4.78, 5) is 0. The minimum atomic E-state index is 0. The third-order valence-corrected chi connectivity index (χ3v) is 0. The summed E-state index contributed by atoms with van der Waals surface area (Å²) < 4.78 is 20.0. The van der Waals surface area contributed by atoms with Gasteiger partial charge < -0.3 is 156 Å². The average molecular weight is 5830 g/mol. The first-order valence-electron chi connectivity index (χ1n) is 0.908. The van der Waals surface area contributed by atoms with Crippen LogP contribution < -0.4 is 0 Å². The zero-order valence-electron chi connectivity index (χ0n) is 34.2. The third kappa shape index (κ3) is 1560. The van der Waals surface area contributed by atoms with Gasteiger partial charge in [-0.25, -0.2) is 8.78 Å². The van der Waals surface area contributed by atoms with Gasteiger partial charge in [-0.15, -0.1) is 0 Å². The maximum Gasteiger partial charge on any atom is 0.149 e. The van der Waals surface area contributed by atoms with Crippen molar-refractivity contribution in [3.8, 4) is 0 Å². The molecule has 72 heavy (non-hydrogen) atoms. The molecule has 0 aliphatic carbocycles. The first kappa shape index (κ1) is 1200. The fraction of sp³-hybridized carbons (Fsp3) is 0.511. The number of rotatable bonds is 0. The fourth-order valence-electron chi connectivity index (χ4n) is 0. The summed E-state index contributed by atoms with van der Waals surface area (Å²) in [5.74, 6) is 0. The SMILES string of the molecule is C.C.C.C.C.C.C.C.C.C.C.C.C.C.C.C.C.C.C.C.C.C.C.C.FC=S.FC=S.[CH3-].[CH3-].[CH3-].[CH3-].[CH3-].[CH3-].[CH3-].[CH3-].[CH3-].[CH3-].[CH3-].[CH3-].[CH3-].[CH3-].[CH3-].[CH3-].[CH3-].[CH3-].[CH3-].[CH3-].[CH3-].[U].[U].[U].[U].[U].[U].[U].[U].[U].[U].[U].[U].[U].[U].[U].[U].[U].[U].[U].[U].[U]. The van der Waals surface area contributed by atoms with Crippen LogP contribution in [-0.4, -0.2) is 11.2 Å². The average Bonchev–Trinajstić information content (AvgIpc) is 1.39. The van der Waals surface area contributed by atoms with Crippen molar-refractivity contribution in [1.29, 1.82) is 0 Å². The van der Waals surface area contributed by atoms with Gasteiger partial charge in [0, 0.05) is 653 Å². The van der Waals surface area contributed by atoms with Crippen LogP contribution in [0.4, 0.5) is 8.78 Å². The van der Waals surface area contributed by atoms with Gasteiger partial charge >= 0.3 is 0 Å². The van der Waals surface area contributed by atoms with Crippen LogP contribution in [0.5, 0.6) is 0 Å². The molecule has 0 unspecified atom stereocenters. The molecule has 0 aromatic heterocycles. The van der Waals surface area contributed by atoms with Gasteiger partial charge in [0.1, 0.15) is 11.2 Å². The molecule has 0 fully saturated rings. The van der Waals surface area contributed by atoms with Gasteiger partial charge in [-0.2, -0.15) is 0 Å². The van der Waals surface area contributed by atoms with Crippen molar-refractivity contribution >= 4 is 35.7 Å². The molecule has 0 aromatic rings. The zero-order chi connectivity index (χ0) is 5.41. The van der Waals surface area contributed by atoms with E-state index in [0.717, 1.165) is 0 Å². The molecule has 0 radical (unpaired) electrons. The van der Waals surface area contributed by atoms with E-state index in [-0.39, 0.29) is 999 Å². The van der Waals surface area contributed by atoms with Gasteiger partial charge in [-0.1, -0.05) is 203 Å². The van der Waals surface area contributed by atoms with E-state index >= 15 is 0 Å². The molecular weight excluding hydrogens is 5670 g/mol. The first-order chi connectivity index (χ1) is 2.83. The molecule has 0 saturated carbocycles. The summed E-state index contributed by atoms with van der Waals surface area (Å²) >= 11 is 7.20. The Morgan fingerprint density at radius 1 is 0.125 bits per heavy atom. The van der Waals surface area contributed by atoms with Crippen molar-refractivity contribution in [2.45, 2.75) is 178 Å². The van der Waals surface area contributed by atoms with Crippen LogP contribution in [0.25, 0.3) is 0 Å². The Hall–Kier alpha value is 22.1. The molecule has 0 aliphatic heterocycles. The smallest absolute Gasteiger partial charge is 0.149 e. The number of hydrogen-bond donors (Lipinski definition) is 0. The Kier molecular flexibility index (Phi) is 22500. The van der Waals surface area contributed by atoms with E-state index in [1.54, 1.807) is 0 Å². The Bertz CT molecular complexity index is 108. The molecule has 0 saturated heterocycles. The van der Waals surface area contributed by atoms with E-state index in [9.17, 15) is 8.78 Å². The van der Waals surface area contributed by atoms with Crippen LogP contribution in [0.3, 0.4) is 0 Å². The molecule has 0 nitrogen and oxygen atoms in total. The zero-order valence-corrected chi connectivity index (χ0v) is 123. The van der Waals surface area contributed by atoms with Gasteiger partial charge in [0.05, 0.1) is 0 Å². The molecule has 0 heterocycles. The molecule has 0 N–H and O–H groups in total. The summed E-state index contributed by atoms with van der Waals surface area (Å²) in [6.45, 7) is 0. The predicted octanol–water partition coefficient (Wildman–Crippen LogP) is 26.5. The van der Waals surface area contributed by atoms with Crippen molar-refractivity contribution in [3.05, 3.63) is 156 Å². The van der Waals surface area contributed by atoms with Crippen LogP contribution in [0.15, 0.2) is 0 Å². The molecule has 480 valence electrons. The van der Waals surface area contributed by atoms with E-state index in [0.29, 0.717) is 0 Å². The minimum Gasteiger partial charge on any atom is -0.358 e. The van der Waals surface area contributed by atoms with Crippen LogP contribution in [-0.2, 0) is 0 Å². The summed E-state index contributed by atoms with van der Waals surface area (Å²) in [5.41, 5.74) is 0.167. The van der Waals surface area contributed by atoms with Gasteiger partial charge in [-0.3, -0.25) is 0 Å².